The van der Waals surface area contributed by atoms with Crippen molar-refractivity contribution in [2.45, 2.75) is 6.92 Å². The van der Waals surface area contributed by atoms with E-state index in [0.717, 1.165) is 0 Å². The first-order valence-electron chi connectivity index (χ1n) is 1.02. The van der Waals surface area contributed by atoms with Gasteiger partial charge in [-0.25, -0.2) is 0 Å². The third-order valence-corrected chi connectivity index (χ3v) is 0. The first-order valence-corrected chi connectivity index (χ1v) is 1.02. The Morgan fingerprint density at radius 1 is 1.60 bits per heavy atom. The van der Waals surface area contributed by atoms with Crippen molar-refractivity contribution in [2.75, 3.05) is 6.61 Å². The molecule has 0 aliphatic rings. The maximum atomic E-state index is 7.57. The van der Waals surface area contributed by atoms with Gasteiger partial charge in [0.05, 0.1) is 0 Å². The van der Waals surface area contributed by atoms with Gasteiger partial charge >= 0.3 is 29.6 Å². The van der Waals surface area contributed by atoms with Gasteiger partial charge < -0.3 is 10.6 Å². The minimum atomic E-state index is 0. The summed E-state index contributed by atoms with van der Waals surface area (Å²) >= 11 is 0. The van der Waals surface area contributed by atoms with Crippen molar-refractivity contribution in [1.29, 1.82) is 0 Å². The van der Waals surface area contributed by atoms with Crippen LogP contribution in [0.5, 0.6) is 0 Å². The van der Waals surface area contributed by atoms with Gasteiger partial charge in [-0.2, -0.15) is 0 Å². The Morgan fingerprint density at radius 3 is 1.60 bits per heavy atom. The molecule has 0 heterocycles. The van der Waals surface area contributed by atoms with Gasteiger partial charge in [0.25, 0.3) is 0 Å². The molecule has 0 bridgehead atoms. The van der Waals surface area contributed by atoms with E-state index in [1.807, 2.05) is 0 Å². The molecule has 0 radical (unpaired) electrons. The van der Waals surface area contributed by atoms with Crippen molar-refractivity contribution < 1.29 is 10.6 Å². The van der Waals surface area contributed by atoms with Gasteiger partial charge in [0.2, 0.25) is 0 Å². The van der Waals surface area contributed by atoms with Gasteiger partial charge in [0, 0.05) is 6.61 Å². The average molecular weight is 88.1 g/mol. The zero-order valence-corrected chi connectivity index (χ0v) is 2.65. The van der Waals surface area contributed by atoms with Gasteiger partial charge in [-0.05, 0) is 6.92 Å². The van der Waals surface area contributed by atoms with Crippen LogP contribution in [0, 0.1) is 0 Å². The topological polar surface area (TPSA) is 51.7 Å². The molecule has 0 rings (SSSR count). The Morgan fingerprint density at radius 2 is 1.60 bits per heavy atom. The quantitative estimate of drug-likeness (QED) is 0.361. The van der Waals surface area contributed by atoms with Crippen molar-refractivity contribution >= 4 is 29.6 Å². The molecule has 3 N–H and O–H groups in total. The molecule has 3 heteroatoms. The Labute approximate surface area is 53.8 Å². The molecular formula is C2H9NaO2. The number of aliphatic hydroxyl groups is 1. The first-order chi connectivity index (χ1) is 1.41. The zero-order valence-electron chi connectivity index (χ0n) is 2.65. The summed E-state index contributed by atoms with van der Waals surface area (Å²) in [7, 11) is 0. The van der Waals surface area contributed by atoms with Gasteiger partial charge in [-0.15, -0.1) is 0 Å². The molecule has 0 amide bonds. The van der Waals surface area contributed by atoms with Crippen molar-refractivity contribution in [3.63, 3.8) is 0 Å². The van der Waals surface area contributed by atoms with E-state index in [-0.39, 0.29) is 41.6 Å². The Balaban J connectivity index is -0.0000000200. The van der Waals surface area contributed by atoms with Crippen LogP contribution in [-0.4, -0.2) is 46.7 Å². The Bertz CT molecular complexity index is 7.61. The predicted molar refractivity (Wildman–Crippen MR) is 23.5 cm³/mol. The summed E-state index contributed by atoms with van der Waals surface area (Å²) < 4.78 is 0. The van der Waals surface area contributed by atoms with Crippen LogP contribution in [0.4, 0.5) is 0 Å². The third-order valence-electron chi connectivity index (χ3n) is 0. The van der Waals surface area contributed by atoms with Crippen LogP contribution in [0.15, 0.2) is 0 Å². The summed E-state index contributed by atoms with van der Waals surface area (Å²) in [6.45, 7) is 1.93. The summed E-state index contributed by atoms with van der Waals surface area (Å²) in [5.41, 5.74) is 0. The molecule has 30 valence electrons. The standard InChI is InChI=1S/C2H6O.Na.H2O.H/c1-2-3;;;/h3H,2H2,1H3;;1H2;. The molecule has 2 nitrogen and oxygen atoms in total. The second-order valence-electron chi connectivity index (χ2n) is 0.316. The van der Waals surface area contributed by atoms with Crippen molar-refractivity contribution in [3.8, 4) is 0 Å². The summed E-state index contributed by atoms with van der Waals surface area (Å²) in [6.07, 6.45) is 0. The van der Waals surface area contributed by atoms with E-state index in [4.69, 9.17) is 5.11 Å². The second kappa shape index (κ2) is 20.5. The number of rotatable bonds is 0. The van der Waals surface area contributed by atoms with Gasteiger partial charge in [-0.3, -0.25) is 0 Å². The molecule has 0 aromatic heterocycles. The maximum absolute atomic E-state index is 7.57. The fraction of sp³-hybridized carbons (Fsp3) is 1.00. The normalized spacial score (nSPS) is 3.60. The van der Waals surface area contributed by atoms with Gasteiger partial charge in [0.15, 0.2) is 0 Å². The van der Waals surface area contributed by atoms with Crippen LogP contribution < -0.4 is 0 Å². The van der Waals surface area contributed by atoms with E-state index < -0.39 is 0 Å². The molecule has 0 saturated heterocycles. The minimum absolute atomic E-state index is 0. The molecule has 0 fully saturated rings. The third kappa shape index (κ3) is 49.6. The average Bonchev–Trinajstić information content (AvgIpc) is 0.918. The molecule has 0 aromatic rings. The molecule has 0 unspecified atom stereocenters. The predicted octanol–water partition coefficient (Wildman–Crippen LogP) is -1.47. The molecule has 0 aliphatic carbocycles. The molecular weight excluding hydrogens is 79.0 g/mol. The summed E-state index contributed by atoms with van der Waals surface area (Å²) in [6, 6.07) is 0. The molecule has 0 aromatic carbocycles. The number of aliphatic hydroxyl groups excluding tert-OH is 1. The number of hydrogen-bond donors (Lipinski definition) is 1. The van der Waals surface area contributed by atoms with Gasteiger partial charge in [-0.1, -0.05) is 0 Å². The molecule has 0 spiro atoms. The van der Waals surface area contributed by atoms with Crippen molar-refractivity contribution in [1.82, 2.24) is 0 Å². The SMILES string of the molecule is CCO.O.[NaH]. The van der Waals surface area contributed by atoms with Crippen LogP contribution in [0.25, 0.3) is 0 Å². The summed E-state index contributed by atoms with van der Waals surface area (Å²) in [5, 5.41) is 7.57. The van der Waals surface area contributed by atoms with Crippen LogP contribution in [0.1, 0.15) is 6.92 Å². The molecule has 0 atom stereocenters. The fourth-order valence-corrected chi connectivity index (χ4v) is 0. The van der Waals surface area contributed by atoms with Crippen LogP contribution in [0.3, 0.4) is 0 Å². The number of hydrogen-bond acceptors (Lipinski definition) is 1. The first kappa shape index (κ1) is 16.8. The van der Waals surface area contributed by atoms with E-state index in [9.17, 15) is 0 Å². The zero-order chi connectivity index (χ0) is 2.71. The van der Waals surface area contributed by atoms with E-state index >= 15 is 0 Å². The van der Waals surface area contributed by atoms with Crippen LogP contribution >= 0.6 is 0 Å². The molecule has 5 heavy (non-hydrogen) atoms. The van der Waals surface area contributed by atoms with Gasteiger partial charge in [0.1, 0.15) is 0 Å². The van der Waals surface area contributed by atoms with Crippen molar-refractivity contribution in [2.24, 2.45) is 0 Å². The van der Waals surface area contributed by atoms with E-state index in [1.54, 1.807) is 6.92 Å². The van der Waals surface area contributed by atoms with E-state index in [2.05, 4.69) is 0 Å². The fourth-order valence-electron chi connectivity index (χ4n) is 0. The van der Waals surface area contributed by atoms with Crippen molar-refractivity contribution in [3.05, 3.63) is 0 Å². The van der Waals surface area contributed by atoms with E-state index in [0.29, 0.717) is 0 Å². The monoisotopic (exact) mass is 88.1 g/mol. The van der Waals surface area contributed by atoms with Crippen LogP contribution in [0.2, 0.25) is 0 Å². The molecule has 0 saturated carbocycles. The van der Waals surface area contributed by atoms with E-state index in [1.165, 1.54) is 0 Å². The summed E-state index contributed by atoms with van der Waals surface area (Å²) in [5.74, 6) is 0. The Hall–Kier alpha value is 0.920. The second-order valence-corrected chi connectivity index (χ2v) is 0.316. The Kier molecular flexibility index (Phi) is 68.9. The van der Waals surface area contributed by atoms with Crippen LogP contribution in [-0.2, 0) is 0 Å². The summed E-state index contributed by atoms with van der Waals surface area (Å²) in [4.78, 5) is 0. The molecule has 0 aliphatic heterocycles.